The third kappa shape index (κ3) is 7.23. The van der Waals surface area contributed by atoms with E-state index in [-0.39, 0.29) is 17.9 Å². The normalized spacial score (nSPS) is 15.6. The molecular formula is C28H34N4O8. The first-order valence-corrected chi connectivity index (χ1v) is 12.5. The summed E-state index contributed by atoms with van der Waals surface area (Å²) in [7, 11) is 2.72. The van der Waals surface area contributed by atoms with Gasteiger partial charge in [0.2, 0.25) is 0 Å². The monoisotopic (exact) mass is 554 g/mol. The molecule has 0 aliphatic carbocycles. The van der Waals surface area contributed by atoms with Crippen molar-refractivity contribution in [3.8, 4) is 23.0 Å². The van der Waals surface area contributed by atoms with Gasteiger partial charge < -0.3 is 39.8 Å². The molecule has 1 aliphatic rings. The van der Waals surface area contributed by atoms with E-state index in [2.05, 4.69) is 27.7 Å². The van der Waals surface area contributed by atoms with Crippen LogP contribution in [0.4, 0.5) is 4.79 Å². The number of allylic oxidation sites excluding steroid dienone is 2. The van der Waals surface area contributed by atoms with Gasteiger partial charge in [-0.2, -0.15) is 5.10 Å². The highest BCUT2D eigenvalue weighted by Gasteiger charge is 2.32. The van der Waals surface area contributed by atoms with Crippen LogP contribution in [-0.4, -0.2) is 62.1 Å². The molecule has 0 radical (unpaired) electrons. The second-order valence-electron chi connectivity index (χ2n) is 8.64. The first-order chi connectivity index (χ1) is 19.2. The number of nitrogens with zero attached hydrogens (tertiary/aromatic N) is 1. The summed E-state index contributed by atoms with van der Waals surface area (Å²) in [6, 6.07) is 7.09. The molecule has 0 spiro atoms. The van der Waals surface area contributed by atoms with Crippen molar-refractivity contribution in [2.24, 2.45) is 5.10 Å². The summed E-state index contributed by atoms with van der Waals surface area (Å²) in [5.74, 6) is 0.452. The third-order valence-corrected chi connectivity index (χ3v) is 5.87. The van der Waals surface area contributed by atoms with Gasteiger partial charge in [-0.15, -0.1) is 6.58 Å². The van der Waals surface area contributed by atoms with Crippen molar-refractivity contribution in [1.82, 2.24) is 16.1 Å². The first kappa shape index (κ1) is 29.8. The Morgan fingerprint density at radius 3 is 2.65 bits per heavy atom. The number of phenolic OH excluding ortho intramolecular Hbond substituents is 1. The van der Waals surface area contributed by atoms with E-state index in [9.17, 15) is 19.8 Å². The summed E-state index contributed by atoms with van der Waals surface area (Å²) in [5, 5.41) is 29.9. The Hall–Kier alpha value is -4.71. The Morgan fingerprint density at radius 2 is 1.98 bits per heavy atom. The van der Waals surface area contributed by atoms with E-state index >= 15 is 0 Å². The highest BCUT2D eigenvalue weighted by molar-refractivity contribution is 5.95. The number of hydrogen-bond acceptors (Lipinski definition) is 10. The standard InChI is InChI=1S/C28H34N4O8/c1-6-8-19-11-17(12-22(37-4)26(19)34)14-29-32-23(33)15-40-20-10-9-18(13-21(20)39-7-2)25-24(27(35)38-5)16(3)30-28(36)31-25/h6,9-14,23,25,32-34H,1,7-8,15H2,2-5H3,(H2,30,31,36)/b29-14-/t23-,25-/m1/s1. The van der Waals surface area contributed by atoms with Gasteiger partial charge in [0.1, 0.15) is 6.61 Å². The Kier molecular flexibility index (Phi) is 10.4. The number of carbonyl (C=O) groups is 2. The van der Waals surface area contributed by atoms with Crippen LogP contribution in [0, 0.1) is 0 Å². The molecule has 0 aromatic heterocycles. The average Bonchev–Trinajstić information content (AvgIpc) is 2.93. The van der Waals surface area contributed by atoms with E-state index in [1.54, 1.807) is 50.3 Å². The Bertz CT molecular complexity index is 1310. The average molecular weight is 555 g/mol. The van der Waals surface area contributed by atoms with Crippen molar-refractivity contribution in [2.75, 3.05) is 27.4 Å². The van der Waals surface area contributed by atoms with E-state index in [0.717, 1.165) is 0 Å². The second-order valence-corrected chi connectivity index (χ2v) is 8.64. The number of esters is 1. The number of phenols is 1. The zero-order chi connectivity index (χ0) is 29.2. The molecule has 0 bridgehead atoms. The SMILES string of the molecule is C=CCc1cc(/C=N\N[C@H](O)COc2ccc([C@H]3NC(=O)NC(C)=C3C(=O)OC)cc2OCC)cc(OC)c1O. The predicted molar refractivity (Wildman–Crippen MR) is 148 cm³/mol. The molecule has 0 saturated heterocycles. The van der Waals surface area contributed by atoms with Gasteiger partial charge in [-0.1, -0.05) is 12.1 Å². The van der Waals surface area contributed by atoms with Gasteiger partial charge in [-0.3, -0.25) is 5.43 Å². The molecule has 1 heterocycles. The van der Waals surface area contributed by atoms with E-state index in [4.69, 9.17) is 18.9 Å². The molecule has 1 aliphatic heterocycles. The molecule has 2 atom stereocenters. The molecular weight excluding hydrogens is 520 g/mol. The van der Waals surface area contributed by atoms with Crippen LogP contribution in [-0.2, 0) is 16.0 Å². The summed E-state index contributed by atoms with van der Waals surface area (Å²) in [6.07, 6.45) is 2.41. The maximum absolute atomic E-state index is 12.4. The molecule has 12 heteroatoms. The van der Waals surface area contributed by atoms with Crippen molar-refractivity contribution in [3.63, 3.8) is 0 Å². The van der Waals surface area contributed by atoms with E-state index in [1.807, 2.05) is 0 Å². The number of hydrazone groups is 1. The minimum absolute atomic E-state index is 0.0345. The Balaban J connectivity index is 1.71. The van der Waals surface area contributed by atoms with Gasteiger partial charge >= 0.3 is 12.0 Å². The van der Waals surface area contributed by atoms with Crippen LogP contribution in [0.1, 0.15) is 36.6 Å². The lowest BCUT2D eigenvalue weighted by atomic mass is 9.95. The summed E-state index contributed by atoms with van der Waals surface area (Å²) >= 11 is 0. The van der Waals surface area contributed by atoms with Gasteiger partial charge in [0.25, 0.3) is 0 Å². The minimum Gasteiger partial charge on any atom is -0.504 e. The maximum atomic E-state index is 12.4. The molecule has 0 unspecified atom stereocenters. The highest BCUT2D eigenvalue weighted by Crippen LogP contribution is 2.35. The lowest BCUT2D eigenvalue weighted by Crippen LogP contribution is -2.45. The summed E-state index contributed by atoms with van der Waals surface area (Å²) in [5.41, 5.74) is 5.07. The van der Waals surface area contributed by atoms with Crippen LogP contribution in [0.5, 0.6) is 23.0 Å². The predicted octanol–water partition coefficient (Wildman–Crippen LogP) is 2.65. The zero-order valence-electron chi connectivity index (χ0n) is 22.8. The van der Waals surface area contributed by atoms with E-state index in [0.29, 0.717) is 52.7 Å². The summed E-state index contributed by atoms with van der Waals surface area (Å²) in [4.78, 5) is 24.5. The van der Waals surface area contributed by atoms with Gasteiger partial charge in [0.05, 0.1) is 38.7 Å². The summed E-state index contributed by atoms with van der Waals surface area (Å²) in [6.45, 7) is 7.26. The maximum Gasteiger partial charge on any atom is 0.337 e. The Labute approximate surface area is 232 Å². The number of urea groups is 1. The van der Waals surface area contributed by atoms with Crippen LogP contribution in [0.15, 0.2) is 59.4 Å². The van der Waals surface area contributed by atoms with Gasteiger partial charge in [0, 0.05) is 11.3 Å². The number of hydrogen-bond donors (Lipinski definition) is 5. The van der Waals surface area contributed by atoms with Gasteiger partial charge in [-0.05, 0) is 55.7 Å². The van der Waals surface area contributed by atoms with E-state index in [1.165, 1.54) is 20.4 Å². The molecule has 0 fully saturated rings. The fourth-order valence-electron chi connectivity index (χ4n) is 4.05. The number of aliphatic hydroxyl groups excluding tert-OH is 1. The fourth-order valence-corrected chi connectivity index (χ4v) is 4.05. The number of rotatable bonds is 13. The third-order valence-electron chi connectivity index (χ3n) is 5.87. The molecule has 5 N–H and O–H groups in total. The van der Waals surface area contributed by atoms with Gasteiger partial charge in [0.15, 0.2) is 29.2 Å². The fraction of sp³-hybridized carbons (Fsp3) is 0.321. The molecule has 0 saturated carbocycles. The molecule has 214 valence electrons. The smallest absolute Gasteiger partial charge is 0.337 e. The molecule has 12 nitrogen and oxygen atoms in total. The van der Waals surface area contributed by atoms with Crippen LogP contribution in [0.25, 0.3) is 0 Å². The van der Waals surface area contributed by atoms with Crippen LogP contribution >= 0.6 is 0 Å². The Morgan fingerprint density at radius 1 is 1.20 bits per heavy atom. The van der Waals surface area contributed by atoms with Crippen LogP contribution < -0.4 is 30.3 Å². The van der Waals surface area contributed by atoms with Crippen molar-refractivity contribution >= 4 is 18.2 Å². The number of aliphatic hydroxyl groups is 1. The molecule has 2 amide bonds. The molecule has 3 rings (SSSR count). The largest absolute Gasteiger partial charge is 0.504 e. The number of carbonyl (C=O) groups excluding carboxylic acids is 2. The van der Waals surface area contributed by atoms with E-state index < -0.39 is 24.3 Å². The topological polar surface area (TPSA) is 160 Å². The van der Waals surface area contributed by atoms with Crippen LogP contribution in [0.3, 0.4) is 0 Å². The van der Waals surface area contributed by atoms with Crippen molar-refractivity contribution in [2.45, 2.75) is 32.5 Å². The number of ether oxygens (including phenoxy) is 4. The quantitative estimate of drug-likeness (QED) is 0.0824. The second kappa shape index (κ2) is 13.9. The van der Waals surface area contributed by atoms with Gasteiger partial charge in [-0.25, -0.2) is 9.59 Å². The summed E-state index contributed by atoms with van der Waals surface area (Å²) < 4.78 is 21.6. The zero-order valence-corrected chi connectivity index (χ0v) is 22.8. The first-order valence-electron chi connectivity index (χ1n) is 12.5. The van der Waals surface area contributed by atoms with Crippen molar-refractivity contribution in [3.05, 3.63) is 70.9 Å². The lowest BCUT2D eigenvalue weighted by molar-refractivity contribution is -0.136. The number of benzene rings is 2. The number of nitrogens with one attached hydrogen (secondary N) is 3. The van der Waals surface area contributed by atoms with Crippen molar-refractivity contribution < 1.29 is 38.7 Å². The number of methoxy groups -OCH3 is 2. The molecule has 40 heavy (non-hydrogen) atoms. The number of amides is 2. The minimum atomic E-state index is -1.17. The molecule has 2 aromatic carbocycles. The van der Waals surface area contributed by atoms with Crippen molar-refractivity contribution in [1.29, 1.82) is 0 Å². The number of aromatic hydroxyl groups is 1. The lowest BCUT2D eigenvalue weighted by Gasteiger charge is -2.28. The highest BCUT2D eigenvalue weighted by atomic mass is 16.5. The van der Waals surface area contributed by atoms with Crippen LogP contribution in [0.2, 0.25) is 0 Å². The molecule has 2 aromatic rings.